The van der Waals surface area contributed by atoms with E-state index in [4.69, 9.17) is 21.1 Å². The van der Waals surface area contributed by atoms with E-state index < -0.39 is 17.4 Å². The molecule has 1 amide bonds. The maximum atomic E-state index is 12.7. The van der Waals surface area contributed by atoms with Crippen LogP contribution in [0.1, 0.15) is 56.3 Å². The van der Waals surface area contributed by atoms with Gasteiger partial charge in [0.2, 0.25) is 0 Å². The number of carboxylic acid groups (broad SMARTS) is 1. The van der Waals surface area contributed by atoms with Gasteiger partial charge in [-0.1, -0.05) is 44.7 Å². The van der Waals surface area contributed by atoms with Crippen LogP contribution in [0.5, 0.6) is 11.5 Å². The quantitative estimate of drug-likeness (QED) is 0.745. The van der Waals surface area contributed by atoms with Crippen molar-refractivity contribution in [3.05, 3.63) is 22.7 Å². The number of ether oxygens (including phenoxy) is 2. The van der Waals surface area contributed by atoms with Gasteiger partial charge in [-0.15, -0.1) is 0 Å². The van der Waals surface area contributed by atoms with E-state index in [0.29, 0.717) is 36.9 Å². The number of nitrogens with one attached hydrogen (secondary N) is 1. The zero-order chi connectivity index (χ0) is 19.3. The number of carbonyl (C=O) groups excluding carboxylic acids is 1. The summed E-state index contributed by atoms with van der Waals surface area (Å²) in [5, 5.41) is 12.6. The van der Waals surface area contributed by atoms with E-state index in [1.165, 1.54) is 19.2 Å². The summed E-state index contributed by atoms with van der Waals surface area (Å²) in [7, 11) is 1.47. The van der Waals surface area contributed by atoms with Gasteiger partial charge in [0, 0.05) is 5.56 Å². The van der Waals surface area contributed by atoms with Crippen LogP contribution < -0.4 is 14.8 Å². The van der Waals surface area contributed by atoms with Crippen molar-refractivity contribution in [3.63, 3.8) is 0 Å². The van der Waals surface area contributed by atoms with Crippen molar-refractivity contribution < 1.29 is 24.2 Å². The van der Waals surface area contributed by atoms with Crippen molar-refractivity contribution in [1.82, 2.24) is 5.32 Å². The molecule has 26 heavy (non-hydrogen) atoms. The van der Waals surface area contributed by atoms with Gasteiger partial charge in [0.05, 0.1) is 18.7 Å². The lowest BCUT2D eigenvalue weighted by Gasteiger charge is -2.34. The first-order valence-electron chi connectivity index (χ1n) is 8.85. The van der Waals surface area contributed by atoms with Crippen LogP contribution >= 0.6 is 11.6 Å². The second-order valence-electron chi connectivity index (χ2n) is 7.10. The van der Waals surface area contributed by atoms with Gasteiger partial charge in [-0.3, -0.25) is 4.79 Å². The Morgan fingerprint density at radius 1 is 1.27 bits per heavy atom. The zero-order valence-corrected chi connectivity index (χ0v) is 16.2. The van der Waals surface area contributed by atoms with Crippen LogP contribution in [0.2, 0.25) is 5.02 Å². The Morgan fingerprint density at radius 3 is 2.46 bits per heavy atom. The van der Waals surface area contributed by atoms with E-state index in [0.717, 1.165) is 19.3 Å². The van der Waals surface area contributed by atoms with E-state index >= 15 is 0 Å². The van der Waals surface area contributed by atoms with Gasteiger partial charge in [0.1, 0.15) is 5.54 Å². The molecule has 1 aliphatic carbocycles. The fourth-order valence-electron chi connectivity index (χ4n) is 3.08. The molecule has 0 unspecified atom stereocenters. The highest BCUT2D eigenvalue weighted by molar-refractivity contribution is 6.32. The minimum absolute atomic E-state index is 0.245. The first-order valence-corrected chi connectivity index (χ1v) is 9.23. The molecule has 144 valence electrons. The molecule has 6 nitrogen and oxygen atoms in total. The lowest BCUT2D eigenvalue weighted by molar-refractivity contribution is -0.145. The van der Waals surface area contributed by atoms with E-state index in [9.17, 15) is 14.7 Å². The Kier molecular flexibility index (Phi) is 6.75. The van der Waals surface area contributed by atoms with Gasteiger partial charge in [0.25, 0.3) is 5.91 Å². The molecule has 0 aromatic heterocycles. The summed E-state index contributed by atoms with van der Waals surface area (Å²) in [5.74, 6) is -0.452. The van der Waals surface area contributed by atoms with Crippen LogP contribution in [0.3, 0.4) is 0 Å². The maximum Gasteiger partial charge on any atom is 0.329 e. The average Bonchev–Trinajstić information content (AvgIpc) is 2.60. The first-order chi connectivity index (χ1) is 12.3. The van der Waals surface area contributed by atoms with Crippen molar-refractivity contribution >= 4 is 23.5 Å². The number of amides is 1. The molecular formula is C19H26ClNO5. The molecule has 0 atom stereocenters. The fourth-order valence-corrected chi connectivity index (χ4v) is 3.34. The van der Waals surface area contributed by atoms with E-state index in [-0.39, 0.29) is 10.6 Å². The zero-order valence-electron chi connectivity index (χ0n) is 15.4. The molecule has 0 radical (unpaired) electrons. The SMILES string of the molecule is COc1cc(C(=O)NC2(C(=O)O)CCCCC2)cc(Cl)c1OCC(C)C. The van der Waals surface area contributed by atoms with E-state index in [2.05, 4.69) is 5.32 Å². The van der Waals surface area contributed by atoms with E-state index in [1.54, 1.807) is 0 Å². The van der Waals surface area contributed by atoms with Crippen LogP contribution in [0.15, 0.2) is 12.1 Å². The molecule has 2 rings (SSSR count). The number of aliphatic carboxylic acids is 1. The number of hydrogen-bond donors (Lipinski definition) is 2. The summed E-state index contributed by atoms with van der Waals surface area (Å²) >= 11 is 6.28. The molecule has 1 aromatic rings. The Labute approximate surface area is 158 Å². The highest BCUT2D eigenvalue weighted by Crippen LogP contribution is 2.37. The second-order valence-corrected chi connectivity index (χ2v) is 7.50. The van der Waals surface area contributed by atoms with Crippen molar-refractivity contribution in [2.45, 2.75) is 51.5 Å². The predicted octanol–water partition coefficient (Wildman–Crippen LogP) is 3.90. The predicted molar refractivity (Wildman–Crippen MR) is 99.3 cm³/mol. The Bertz CT molecular complexity index is 668. The van der Waals surface area contributed by atoms with Crippen LogP contribution in [0.4, 0.5) is 0 Å². The minimum Gasteiger partial charge on any atom is -0.493 e. The molecular weight excluding hydrogens is 358 g/mol. The van der Waals surface area contributed by atoms with E-state index in [1.807, 2.05) is 13.8 Å². The topological polar surface area (TPSA) is 84.9 Å². The molecule has 1 saturated carbocycles. The Hall–Kier alpha value is -1.95. The lowest BCUT2D eigenvalue weighted by Crippen LogP contribution is -2.55. The van der Waals surface area contributed by atoms with Gasteiger partial charge in [-0.05, 0) is 30.9 Å². The molecule has 0 spiro atoms. The number of hydrogen-bond acceptors (Lipinski definition) is 4. The smallest absolute Gasteiger partial charge is 0.329 e. The van der Waals surface area contributed by atoms with Crippen molar-refractivity contribution in [2.24, 2.45) is 5.92 Å². The molecule has 2 N–H and O–H groups in total. The molecule has 1 aromatic carbocycles. The second kappa shape index (κ2) is 8.62. The number of halogens is 1. The number of methoxy groups -OCH3 is 1. The van der Waals surface area contributed by atoms with Crippen molar-refractivity contribution in [2.75, 3.05) is 13.7 Å². The van der Waals surface area contributed by atoms with Crippen molar-refractivity contribution in [1.29, 1.82) is 0 Å². The highest BCUT2D eigenvalue weighted by Gasteiger charge is 2.41. The third kappa shape index (κ3) is 4.61. The van der Waals surface area contributed by atoms with Gasteiger partial charge < -0.3 is 19.9 Å². The minimum atomic E-state index is -1.22. The third-order valence-corrected chi connectivity index (χ3v) is 4.80. The number of carboxylic acids is 1. The van der Waals surface area contributed by atoms with Crippen molar-refractivity contribution in [3.8, 4) is 11.5 Å². The molecule has 0 saturated heterocycles. The largest absolute Gasteiger partial charge is 0.493 e. The average molecular weight is 384 g/mol. The molecule has 0 aliphatic heterocycles. The van der Waals surface area contributed by atoms with Gasteiger partial charge >= 0.3 is 5.97 Å². The van der Waals surface area contributed by atoms with Gasteiger partial charge in [-0.25, -0.2) is 4.79 Å². The molecule has 1 aliphatic rings. The molecule has 1 fully saturated rings. The molecule has 0 heterocycles. The van der Waals surface area contributed by atoms with Gasteiger partial charge in [-0.2, -0.15) is 0 Å². The van der Waals surface area contributed by atoms with Crippen LogP contribution in [0.25, 0.3) is 0 Å². The normalized spacial score (nSPS) is 16.2. The lowest BCUT2D eigenvalue weighted by atomic mass is 9.81. The first kappa shape index (κ1) is 20.4. The monoisotopic (exact) mass is 383 g/mol. The van der Waals surface area contributed by atoms with Gasteiger partial charge in [0.15, 0.2) is 11.5 Å². The number of carbonyl (C=O) groups is 2. The number of rotatable bonds is 7. The van der Waals surface area contributed by atoms with Crippen LogP contribution in [-0.4, -0.2) is 36.2 Å². The highest BCUT2D eigenvalue weighted by atomic mass is 35.5. The fraction of sp³-hybridized carbons (Fsp3) is 0.579. The maximum absolute atomic E-state index is 12.7. The number of benzene rings is 1. The Morgan fingerprint density at radius 2 is 1.92 bits per heavy atom. The summed E-state index contributed by atoms with van der Waals surface area (Å²) in [6.07, 6.45) is 3.38. The summed E-state index contributed by atoms with van der Waals surface area (Å²) in [6.45, 7) is 4.49. The summed E-state index contributed by atoms with van der Waals surface area (Å²) in [6, 6.07) is 3.00. The summed E-state index contributed by atoms with van der Waals surface area (Å²) in [5.41, 5.74) is -0.975. The summed E-state index contributed by atoms with van der Waals surface area (Å²) in [4.78, 5) is 24.4. The Balaban J connectivity index is 2.25. The third-order valence-electron chi connectivity index (χ3n) is 4.52. The standard InChI is InChI=1S/C19H26ClNO5/c1-12(2)11-26-16-14(20)9-13(10-15(16)25-3)17(22)21-19(18(23)24)7-5-4-6-8-19/h9-10,12H,4-8,11H2,1-3H3,(H,21,22)(H,23,24). The molecule has 0 bridgehead atoms. The van der Waals surface area contributed by atoms with Crippen LogP contribution in [-0.2, 0) is 4.79 Å². The summed E-state index contributed by atoms with van der Waals surface area (Å²) < 4.78 is 11.0. The molecule has 7 heteroatoms. The van der Waals surface area contributed by atoms with Crippen LogP contribution in [0, 0.1) is 5.92 Å².